The molecule has 0 heterocycles. The van der Waals surface area contributed by atoms with Gasteiger partial charge in [-0.05, 0) is 84.6 Å². The molecule has 1 amide bonds. The van der Waals surface area contributed by atoms with Gasteiger partial charge in [-0.2, -0.15) is 5.10 Å². The van der Waals surface area contributed by atoms with Crippen molar-refractivity contribution >= 4 is 39.4 Å². The molecule has 0 saturated carbocycles. The van der Waals surface area contributed by atoms with Gasteiger partial charge in [-0.1, -0.05) is 29.8 Å². The molecule has 0 aliphatic rings. The van der Waals surface area contributed by atoms with E-state index < -0.39 is 15.9 Å². The van der Waals surface area contributed by atoms with E-state index >= 15 is 0 Å². The molecule has 0 radical (unpaired) electrons. The fourth-order valence-corrected chi connectivity index (χ4v) is 4.34. The van der Waals surface area contributed by atoms with Crippen LogP contribution in [0.4, 0.5) is 5.69 Å². The number of nitrogens with one attached hydrogen (secondary N) is 1. The van der Waals surface area contributed by atoms with Crippen LogP contribution in [0.1, 0.15) is 22.3 Å². The summed E-state index contributed by atoms with van der Waals surface area (Å²) in [4.78, 5) is 12.4. The van der Waals surface area contributed by atoms with Gasteiger partial charge >= 0.3 is 0 Å². The van der Waals surface area contributed by atoms with E-state index in [2.05, 4.69) is 10.5 Å². The van der Waals surface area contributed by atoms with Gasteiger partial charge in [-0.25, -0.2) is 13.8 Å². The molecule has 178 valence electrons. The number of ether oxygens (including phenoxy) is 1. The quantitative estimate of drug-likeness (QED) is 0.348. The lowest BCUT2D eigenvalue weighted by molar-refractivity contribution is -0.119. The van der Waals surface area contributed by atoms with Crippen LogP contribution in [0, 0.1) is 13.8 Å². The monoisotopic (exact) mass is 499 g/mol. The van der Waals surface area contributed by atoms with Crippen molar-refractivity contribution in [1.29, 1.82) is 0 Å². The molecule has 0 aromatic heterocycles. The van der Waals surface area contributed by atoms with Crippen molar-refractivity contribution < 1.29 is 17.9 Å². The van der Waals surface area contributed by atoms with Crippen molar-refractivity contribution in [2.45, 2.75) is 20.5 Å². The van der Waals surface area contributed by atoms with Gasteiger partial charge in [0.1, 0.15) is 18.9 Å². The predicted octanol–water partition coefficient (Wildman–Crippen LogP) is 4.45. The van der Waals surface area contributed by atoms with E-state index in [0.29, 0.717) is 23.1 Å². The zero-order valence-electron chi connectivity index (χ0n) is 19.2. The molecular formula is C25H26ClN3O4S. The third-order valence-corrected chi connectivity index (χ3v) is 6.14. The number of sulfonamides is 1. The number of benzene rings is 3. The number of halogens is 1. The highest BCUT2D eigenvalue weighted by Gasteiger charge is 2.21. The lowest BCUT2D eigenvalue weighted by Crippen LogP contribution is -2.39. The van der Waals surface area contributed by atoms with Crippen molar-refractivity contribution in [3.63, 3.8) is 0 Å². The first-order valence-electron chi connectivity index (χ1n) is 10.5. The number of nitrogens with zero attached hydrogens (tertiary/aromatic N) is 2. The fraction of sp³-hybridized carbons (Fsp3) is 0.200. The van der Waals surface area contributed by atoms with Crippen molar-refractivity contribution in [3.8, 4) is 5.75 Å². The summed E-state index contributed by atoms with van der Waals surface area (Å²) >= 11 is 5.98. The first-order valence-corrected chi connectivity index (χ1v) is 12.7. The van der Waals surface area contributed by atoms with E-state index in [-0.39, 0.29) is 6.54 Å². The molecule has 3 aromatic rings. The minimum atomic E-state index is -3.66. The van der Waals surface area contributed by atoms with Crippen LogP contribution in [0.2, 0.25) is 5.02 Å². The molecule has 0 spiro atoms. The molecule has 0 atom stereocenters. The van der Waals surface area contributed by atoms with Gasteiger partial charge in [-0.15, -0.1) is 0 Å². The number of amides is 1. The van der Waals surface area contributed by atoms with E-state index in [1.807, 2.05) is 38.1 Å². The smallest absolute Gasteiger partial charge is 0.260 e. The molecule has 1 N–H and O–H groups in total. The molecule has 0 aliphatic heterocycles. The van der Waals surface area contributed by atoms with Gasteiger partial charge < -0.3 is 4.74 Å². The average molecular weight is 500 g/mol. The van der Waals surface area contributed by atoms with Crippen LogP contribution in [-0.4, -0.2) is 33.3 Å². The second kappa shape index (κ2) is 11.2. The maximum atomic E-state index is 12.4. The SMILES string of the molecule is Cc1cc(C)cc(N(CC(=O)N/N=C\c2ccc(OCc3cccc(Cl)c3)cc2)S(C)(=O)=O)c1. The molecule has 0 unspecified atom stereocenters. The molecule has 3 rings (SSSR count). The fourth-order valence-electron chi connectivity index (χ4n) is 3.28. The van der Waals surface area contributed by atoms with Crippen molar-refractivity contribution in [1.82, 2.24) is 5.43 Å². The van der Waals surface area contributed by atoms with E-state index in [1.54, 1.807) is 42.5 Å². The van der Waals surface area contributed by atoms with E-state index in [0.717, 1.165) is 32.8 Å². The van der Waals surface area contributed by atoms with Gasteiger partial charge in [0.15, 0.2) is 0 Å². The highest BCUT2D eigenvalue weighted by Crippen LogP contribution is 2.21. The highest BCUT2D eigenvalue weighted by molar-refractivity contribution is 7.92. The lowest BCUT2D eigenvalue weighted by Gasteiger charge is -2.22. The number of hydrogen-bond acceptors (Lipinski definition) is 5. The second-order valence-electron chi connectivity index (χ2n) is 7.90. The van der Waals surface area contributed by atoms with Gasteiger partial charge in [0.25, 0.3) is 5.91 Å². The van der Waals surface area contributed by atoms with Crippen LogP contribution in [-0.2, 0) is 21.4 Å². The molecule has 9 heteroatoms. The third kappa shape index (κ3) is 7.60. The number of hydrazone groups is 1. The van der Waals surface area contributed by atoms with Crippen LogP contribution in [0.25, 0.3) is 0 Å². The summed E-state index contributed by atoms with van der Waals surface area (Å²) in [5.74, 6) is 0.126. The van der Waals surface area contributed by atoms with Gasteiger partial charge in [0.05, 0.1) is 18.2 Å². The minimum absolute atomic E-state index is 0.380. The van der Waals surface area contributed by atoms with Crippen LogP contribution >= 0.6 is 11.6 Å². The van der Waals surface area contributed by atoms with Gasteiger partial charge in [-0.3, -0.25) is 9.10 Å². The minimum Gasteiger partial charge on any atom is -0.489 e. The summed E-state index contributed by atoms with van der Waals surface area (Å²) in [6.07, 6.45) is 2.54. The number of anilines is 1. The van der Waals surface area contributed by atoms with Crippen molar-refractivity contribution in [2.75, 3.05) is 17.1 Å². The lowest BCUT2D eigenvalue weighted by atomic mass is 10.1. The summed E-state index contributed by atoms with van der Waals surface area (Å²) in [6, 6.07) is 20.0. The van der Waals surface area contributed by atoms with Crippen LogP contribution < -0.4 is 14.5 Å². The third-order valence-electron chi connectivity index (χ3n) is 4.76. The first-order chi connectivity index (χ1) is 16.1. The van der Waals surface area contributed by atoms with Crippen molar-refractivity contribution in [2.24, 2.45) is 5.10 Å². The Labute approximate surface area is 205 Å². The normalized spacial score (nSPS) is 11.4. The van der Waals surface area contributed by atoms with E-state index in [4.69, 9.17) is 16.3 Å². The molecule has 0 fully saturated rings. The van der Waals surface area contributed by atoms with Crippen LogP contribution in [0.15, 0.2) is 71.8 Å². The summed E-state index contributed by atoms with van der Waals surface area (Å²) < 4.78 is 31.3. The molecule has 7 nitrogen and oxygen atoms in total. The van der Waals surface area contributed by atoms with E-state index in [1.165, 1.54) is 6.21 Å². The summed E-state index contributed by atoms with van der Waals surface area (Å²) in [5.41, 5.74) is 6.33. The standard InChI is InChI=1S/C25H26ClN3O4S/c1-18-11-19(2)13-23(12-18)29(34(3,31)32)16-25(30)28-27-15-20-7-9-24(10-8-20)33-17-21-5-4-6-22(26)14-21/h4-15H,16-17H2,1-3H3,(H,28,30)/b27-15-. The number of hydrogen-bond donors (Lipinski definition) is 1. The summed E-state index contributed by atoms with van der Waals surface area (Å²) in [7, 11) is -3.66. The highest BCUT2D eigenvalue weighted by atomic mass is 35.5. The van der Waals surface area contributed by atoms with Crippen LogP contribution in [0.3, 0.4) is 0 Å². The largest absolute Gasteiger partial charge is 0.489 e. The predicted molar refractivity (Wildman–Crippen MR) is 136 cm³/mol. The maximum Gasteiger partial charge on any atom is 0.260 e. The number of carbonyl (C=O) groups excluding carboxylic acids is 1. The number of aryl methyl sites for hydroxylation is 2. The van der Waals surface area contributed by atoms with Crippen molar-refractivity contribution in [3.05, 3.63) is 94.0 Å². The summed E-state index contributed by atoms with van der Waals surface area (Å²) in [6.45, 7) is 3.75. The molecular weight excluding hydrogens is 474 g/mol. The Balaban J connectivity index is 1.57. The van der Waals surface area contributed by atoms with Gasteiger partial charge in [0, 0.05) is 5.02 Å². The zero-order valence-corrected chi connectivity index (χ0v) is 20.7. The van der Waals surface area contributed by atoms with Gasteiger partial charge in [0.2, 0.25) is 10.0 Å². The van der Waals surface area contributed by atoms with Crippen LogP contribution in [0.5, 0.6) is 5.75 Å². The Hall–Kier alpha value is -3.36. The topological polar surface area (TPSA) is 88.1 Å². The number of carbonyl (C=O) groups is 1. The number of rotatable bonds is 9. The Morgan fingerprint density at radius 1 is 1.06 bits per heavy atom. The second-order valence-corrected chi connectivity index (χ2v) is 10.2. The molecule has 3 aromatic carbocycles. The first kappa shape index (κ1) is 25.3. The summed E-state index contributed by atoms with van der Waals surface area (Å²) in [5, 5.41) is 4.59. The average Bonchev–Trinajstić information content (AvgIpc) is 2.75. The molecule has 0 saturated heterocycles. The Bertz CT molecular complexity index is 1270. The molecule has 34 heavy (non-hydrogen) atoms. The molecule has 0 aliphatic carbocycles. The Kier molecular flexibility index (Phi) is 8.31. The Morgan fingerprint density at radius 3 is 2.35 bits per heavy atom. The van der Waals surface area contributed by atoms with E-state index in [9.17, 15) is 13.2 Å². The maximum absolute atomic E-state index is 12.4. The zero-order chi connectivity index (χ0) is 24.7. The Morgan fingerprint density at radius 2 is 1.74 bits per heavy atom. The molecule has 0 bridgehead atoms.